The highest BCUT2D eigenvalue weighted by Gasteiger charge is 2.24. The van der Waals surface area contributed by atoms with Crippen molar-refractivity contribution in [2.24, 2.45) is 0 Å². The molecule has 12 N–H and O–H groups in total. The Morgan fingerprint density at radius 1 is 0.400 bits per heavy atom. The van der Waals surface area contributed by atoms with Crippen LogP contribution in [0.25, 0.3) is 0 Å². The fraction of sp³-hybridized carbons (Fsp3) is 0.233. The molecule has 0 saturated heterocycles. The predicted octanol–water partition coefficient (Wildman–Crippen LogP) is 10.9. The van der Waals surface area contributed by atoms with Crippen LogP contribution in [0.5, 0.6) is 0 Å². The molecule has 0 aliphatic rings. The fourth-order valence-corrected chi connectivity index (χ4v) is 7.21. The lowest BCUT2D eigenvalue weighted by atomic mass is 9.93. The molecule has 0 aliphatic heterocycles. The van der Waals surface area contributed by atoms with E-state index in [1.807, 2.05) is 62.3 Å². The Hall–Kier alpha value is -12.0. The summed E-state index contributed by atoms with van der Waals surface area (Å²) in [7, 11) is 0. The van der Waals surface area contributed by atoms with Gasteiger partial charge in [0, 0.05) is 93.4 Å². The molecule has 6 aromatic heterocycles. The van der Waals surface area contributed by atoms with Crippen LogP contribution < -0.4 is 53.6 Å². The normalized spacial score (nSPS) is 11.0. The quantitative estimate of drug-likeness (QED) is 0.0511. The smallest absolute Gasteiger partial charge is 0.356 e. The van der Waals surface area contributed by atoms with E-state index in [0.29, 0.717) is 68.7 Å². The summed E-state index contributed by atoms with van der Waals surface area (Å²) in [6.45, 7) is 21.2. The van der Waals surface area contributed by atoms with Crippen molar-refractivity contribution < 1.29 is 52.2 Å². The number of carbonyl (C=O) groups is 7. The molecule has 90 heavy (non-hydrogen) atoms. The van der Waals surface area contributed by atoms with Crippen molar-refractivity contribution in [2.45, 2.75) is 92.4 Å². The van der Waals surface area contributed by atoms with Crippen molar-refractivity contribution in [2.75, 3.05) is 53.6 Å². The number of benzene rings is 3. The average Bonchev–Trinajstić information content (AvgIpc) is 1.80. The largest absolute Gasteiger partial charge is 0.476 e. The molecule has 9 amide bonds. The topological polar surface area (TPSA) is 429 Å². The zero-order valence-corrected chi connectivity index (χ0v) is 50.7. The van der Waals surface area contributed by atoms with E-state index in [1.54, 1.807) is 105 Å². The van der Waals surface area contributed by atoms with Crippen molar-refractivity contribution in [1.29, 1.82) is 0 Å². The van der Waals surface area contributed by atoms with E-state index in [2.05, 4.69) is 93.2 Å². The van der Waals surface area contributed by atoms with Gasteiger partial charge in [-0.05, 0) is 86.6 Å². The van der Waals surface area contributed by atoms with Gasteiger partial charge in [0.2, 0.25) is 0 Å². The number of hydrogen-bond donors (Lipinski definition) is 11. The Morgan fingerprint density at radius 2 is 0.744 bits per heavy atom. The first-order valence-corrected chi connectivity index (χ1v) is 27.3. The van der Waals surface area contributed by atoms with Crippen molar-refractivity contribution in [3.8, 4) is 0 Å². The van der Waals surface area contributed by atoms with E-state index in [1.165, 1.54) is 31.0 Å². The number of nitrogens with zero attached hydrogens (tertiary/aromatic N) is 9. The first-order chi connectivity index (χ1) is 42.4. The predicted molar refractivity (Wildman–Crippen MR) is 334 cm³/mol. The van der Waals surface area contributed by atoms with Crippen molar-refractivity contribution >= 4 is 99.2 Å². The number of anilines is 10. The number of nitrogen functional groups attached to an aromatic ring is 1. The van der Waals surface area contributed by atoms with E-state index in [-0.39, 0.29) is 50.9 Å². The van der Waals surface area contributed by atoms with Gasteiger partial charge in [-0.2, -0.15) is 0 Å². The summed E-state index contributed by atoms with van der Waals surface area (Å²) in [6, 6.07) is 23.0. The molecule has 0 fully saturated rings. The minimum Gasteiger partial charge on any atom is -0.476 e. The van der Waals surface area contributed by atoms with Gasteiger partial charge in [-0.15, -0.1) is 0 Å². The Balaban J connectivity index is 0.000000192. The number of carbonyl (C=O) groups excluding carboxylic acids is 6. The van der Waals surface area contributed by atoms with Gasteiger partial charge in [0.1, 0.15) is 23.0 Å². The van der Waals surface area contributed by atoms with Crippen LogP contribution in [0.4, 0.5) is 71.8 Å². The number of aromatic nitrogens is 9. The van der Waals surface area contributed by atoms with E-state index in [4.69, 9.17) is 19.3 Å². The summed E-state index contributed by atoms with van der Waals surface area (Å²) < 4.78 is 15.7. The van der Waals surface area contributed by atoms with Gasteiger partial charge in [0.05, 0.1) is 17.6 Å². The van der Waals surface area contributed by atoms with Crippen LogP contribution in [0.3, 0.4) is 0 Å². The minimum absolute atomic E-state index is 0.0383. The van der Waals surface area contributed by atoms with Gasteiger partial charge in [0.25, 0.3) is 17.7 Å². The van der Waals surface area contributed by atoms with Crippen molar-refractivity contribution in [3.63, 3.8) is 0 Å². The second-order valence-electron chi connectivity index (χ2n) is 22.7. The number of aryl methyl sites for hydroxylation is 2. The maximum Gasteiger partial charge on any atom is 0.356 e. The molecule has 0 spiro atoms. The van der Waals surface area contributed by atoms with Crippen LogP contribution in [0.2, 0.25) is 0 Å². The van der Waals surface area contributed by atoms with E-state index >= 15 is 0 Å². The Morgan fingerprint density at radius 3 is 1.08 bits per heavy atom. The molecule has 0 aliphatic carbocycles. The molecule has 9 aromatic rings. The van der Waals surface area contributed by atoms with Gasteiger partial charge < -0.3 is 56.3 Å². The molecule has 466 valence electrons. The van der Waals surface area contributed by atoms with Crippen LogP contribution in [0.1, 0.15) is 133 Å². The highest BCUT2D eigenvalue weighted by atomic mass is 16.5. The van der Waals surface area contributed by atoms with Crippen LogP contribution in [0, 0.1) is 13.8 Å². The van der Waals surface area contributed by atoms with E-state index in [9.17, 15) is 38.7 Å². The highest BCUT2D eigenvalue weighted by Crippen LogP contribution is 2.28. The zero-order chi connectivity index (χ0) is 65.5. The molecular formula is C60H65N19O11. The lowest BCUT2D eigenvalue weighted by Crippen LogP contribution is -2.20. The summed E-state index contributed by atoms with van der Waals surface area (Å²) in [4.78, 5) is 108. The molecule has 6 heterocycles. The van der Waals surface area contributed by atoms with Crippen LogP contribution >= 0.6 is 0 Å². The second-order valence-corrected chi connectivity index (χ2v) is 22.7. The summed E-state index contributed by atoms with van der Waals surface area (Å²) >= 11 is 0. The molecule has 9 rings (SSSR count). The third-order valence-corrected chi connectivity index (χ3v) is 11.9. The standard InChI is InChI=1S/C21H22N6O5.C20H22N6O3.C19H21N7O3/c1-11-10-22-16(17(23-11)19(29)30)18(28)24-12-5-7-13(8-6-12)25-20(31)26-15-9-14(32-27-15)21(2,3)4;1-12-10-22-15(11-21-12)18(27)23-13-5-7-14(8-6-13)24-19(28)25-17-9-16(29-26-17)20(2,3)4;1-19(2,3)13-10-14(26-29-13)25-18(28)24-12-6-4-11(5-7-12)23-17(27)15-16(20)22-9-8-21-15/h5-10H,1-4H3,(H,24,28)(H,29,30)(H2,25,26,27,31);5-11H,1-4H3,(H,23,27)(H2,24,25,26,28);4-10H,1-3H3,(H2,20,22)(H,23,27)(H2,24,25,26,28). The molecule has 0 bridgehead atoms. The first kappa shape index (κ1) is 65.6. The summed E-state index contributed by atoms with van der Waals surface area (Å²) in [5, 5.41) is 44.5. The van der Waals surface area contributed by atoms with Gasteiger partial charge in [0.15, 0.2) is 40.4 Å². The highest BCUT2D eigenvalue weighted by molar-refractivity contribution is 6.09. The molecule has 0 unspecified atom stereocenters. The number of nitrogens with two attached hydrogens (primary N) is 1. The van der Waals surface area contributed by atoms with Gasteiger partial charge in [-0.25, -0.2) is 44.1 Å². The SMILES string of the molecule is CC(C)(C)c1cc(NC(=O)Nc2ccc(NC(=O)c3nccnc3N)cc2)no1.Cc1cnc(C(=O)Nc2ccc(NC(=O)Nc3cc(C(C)(C)C)on3)cc2)c(C(=O)O)n1.Cc1cnc(C(=O)Nc2ccc(NC(=O)Nc3cc(C(C)(C)C)on3)cc2)cn1. The molecule has 30 nitrogen and oxygen atoms in total. The van der Waals surface area contributed by atoms with Crippen molar-refractivity contribution in [1.82, 2.24) is 45.4 Å². The lowest BCUT2D eigenvalue weighted by Gasteiger charge is -2.12. The number of carboxylic acids is 1. The maximum atomic E-state index is 12.4. The van der Waals surface area contributed by atoms with E-state index < -0.39 is 41.6 Å². The molecule has 0 saturated carbocycles. The number of amides is 9. The minimum atomic E-state index is -1.35. The molecule has 30 heteroatoms. The first-order valence-electron chi connectivity index (χ1n) is 27.3. The van der Waals surface area contributed by atoms with Gasteiger partial charge in [-0.1, -0.05) is 77.8 Å². The van der Waals surface area contributed by atoms with Crippen LogP contribution in [-0.4, -0.2) is 92.3 Å². The molecule has 0 radical (unpaired) electrons. The number of hydrogen-bond acceptors (Lipinski definition) is 20. The van der Waals surface area contributed by atoms with Gasteiger partial charge in [-0.3, -0.25) is 35.3 Å². The fourth-order valence-electron chi connectivity index (χ4n) is 7.21. The summed E-state index contributed by atoms with van der Waals surface area (Å²) in [5.74, 6) is 0.0413. The van der Waals surface area contributed by atoms with Crippen LogP contribution in [-0.2, 0) is 16.2 Å². The number of nitrogens with one attached hydrogen (secondary N) is 9. The third kappa shape index (κ3) is 19.3. The number of carboxylic acid groups (broad SMARTS) is 1. The number of rotatable bonds is 13. The maximum absolute atomic E-state index is 12.4. The summed E-state index contributed by atoms with van der Waals surface area (Å²) in [6.07, 6.45) is 7.04. The van der Waals surface area contributed by atoms with Crippen LogP contribution in [0.15, 0.2) is 136 Å². The van der Waals surface area contributed by atoms with E-state index in [0.717, 1.165) is 5.69 Å². The zero-order valence-electron chi connectivity index (χ0n) is 50.7. The molecule has 0 atom stereocenters. The number of urea groups is 3. The monoisotopic (exact) mass is 1230 g/mol. The van der Waals surface area contributed by atoms with Gasteiger partial charge >= 0.3 is 24.1 Å². The Labute approximate surface area is 514 Å². The Kier molecular flexibility index (Phi) is 20.7. The third-order valence-electron chi connectivity index (χ3n) is 11.9. The second kappa shape index (κ2) is 28.5. The van der Waals surface area contributed by atoms with Crippen molar-refractivity contribution in [3.05, 3.63) is 173 Å². The summed E-state index contributed by atoms with van der Waals surface area (Å²) in [5.41, 5.74) is 8.63. The Bertz CT molecular complexity index is 4010. The average molecular weight is 1230 g/mol. The number of aromatic carboxylic acids is 1. The lowest BCUT2D eigenvalue weighted by molar-refractivity contribution is 0.0684. The molecule has 3 aromatic carbocycles. The molecular weight excluding hydrogens is 1160 g/mol.